The van der Waals surface area contributed by atoms with Gasteiger partial charge in [0, 0.05) is 24.8 Å². The molecule has 110 valence electrons. The van der Waals surface area contributed by atoms with Crippen molar-refractivity contribution in [2.45, 2.75) is 19.9 Å². The van der Waals surface area contributed by atoms with Gasteiger partial charge in [-0.25, -0.2) is 0 Å². The van der Waals surface area contributed by atoms with Gasteiger partial charge in [0.2, 0.25) is 5.91 Å². The molecule has 1 atom stereocenters. The first kappa shape index (κ1) is 13.7. The van der Waals surface area contributed by atoms with E-state index < -0.39 is 0 Å². The molecule has 0 bridgehead atoms. The van der Waals surface area contributed by atoms with Crippen LogP contribution in [0.1, 0.15) is 16.8 Å². The van der Waals surface area contributed by atoms with Gasteiger partial charge in [0.05, 0.1) is 12.1 Å². The number of aryl methyl sites for hydroxylation is 1. The summed E-state index contributed by atoms with van der Waals surface area (Å²) in [5, 5.41) is 7.16. The zero-order valence-corrected chi connectivity index (χ0v) is 12.3. The van der Waals surface area contributed by atoms with Crippen LogP contribution in [0.25, 0.3) is 0 Å². The van der Waals surface area contributed by atoms with E-state index in [1.54, 1.807) is 10.9 Å². The average Bonchev–Trinajstić information content (AvgIpc) is 2.84. The summed E-state index contributed by atoms with van der Waals surface area (Å²) in [6.45, 7) is 2.94. The zero-order chi connectivity index (χ0) is 14.8. The Bertz CT molecular complexity index is 663. The lowest BCUT2D eigenvalue weighted by Crippen LogP contribution is -2.37. The first-order chi connectivity index (χ1) is 10.1. The smallest absolute Gasteiger partial charge is 0.227 e. The van der Waals surface area contributed by atoms with Crippen LogP contribution in [0.2, 0.25) is 0 Å². The fourth-order valence-corrected chi connectivity index (χ4v) is 2.54. The minimum Gasteiger partial charge on any atom is -0.492 e. The van der Waals surface area contributed by atoms with Gasteiger partial charge in [-0.3, -0.25) is 9.48 Å². The summed E-state index contributed by atoms with van der Waals surface area (Å²) in [5.41, 5.74) is 3.21. The first-order valence-corrected chi connectivity index (χ1v) is 7.11. The number of benzene rings is 1. The highest BCUT2D eigenvalue weighted by atomic mass is 16.5. The molecule has 0 unspecified atom stereocenters. The van der Waals surface area contributed by atoms with Crippen LogP contribution in [0.5, 0.6) is 5.75 Å². The van der Waals surface area contributed by atoms with Crippen molar-refractivity contribution in [1.82, 2.24) is 15.1 Å². The molecule has 1 aliphatic heterocycles. The van der Waals surface area contributed by atoms with Crippen molar-refractivity contribution in [2.75, 3.05) is 6.61 Å². The Morgan fingerprint density at radius 3 is 3.05 bits per heavy atom. The summed E-state index contributed by atoms with van der Waals surface area (Å²) in [4.78, 5) is 12.3. The van der Waals surface area contributed by atoms with Crippen molar-refractivity contribution in [3.63, 3.8) is 0 Å². The number of rotatable bonds is 3. The van der Waals surface area contributed by atoms with Crippen LogP contribution in [0.4, 0.5) is 0 Å². The SMILES string of the molecule is Cc1c(CNC(=O)[C@H]2COc3ccccc3C2)cnn1C. The maximum absolute atomic E-state index is 12.3. The van der Waals surface area contributed by atoms with E-state index in [-0.39, 0.29) is 11.8 Å². The Balaban J connectivity index is 1.61. The lowest BCUT2D eigenvalue weighted by molar-refractivity contribution is -0.126. The highest BCUT2D eigenvalue weighted by Crippen LogP contribution is 2.26. The molecule has 2 heterocycles. The molecule has 0 spiro atoms. The van der Waals surface area contributed by atoms with Gasteiger partial charge >= 0.3 is 0 Å². The lowest BCUT2D eigenvalue weighted by atomic mass is 9.96. The lowest BCUT2D eigenvalue weighted by Gasteiger charge is -2.24. The van der Waals surface area contributed by atoms with E-state index in [4.69, 9.17) is 4.74 Å². The summed E-state index contributed by atoms with van der Waals surface area (Å²) < 4.78 is 7.47. The number of hydrogen-bond donors (Lipinski definition) is 1. The minimum absolute atomic E-state index is 0.0350. The molecule has 0 fully saturated rings. The summed E-state index contributed by atoms with van der Waals surface area (Å²) in [7, 11) is 1.90. The van der Waals surface area contributed by atoms with E-state index in [0.717, 1.165) is 29.0 Å². The maximum atomic E-state index is 12.3. The molecule has 2 aromatic rings. The van der Waals surface area contributed by atoms with Crippen LogP contribution < -0.4 is 10.1 Å². The van der Waals surface area contributed by atoms with Gasteiger partial charge in [-0.2, -0.15) is 5.10 Å². The van der Waals surface area contributed by atoms with E-state index in [1.165, 1.54) is 0 Å². The van der Waals surface area contributed by atoms with Crippen LogP contribution in [0.15, 0.2) is 30.5 Å². The number of fused-ring (bicyclic) bond motifs is 1. The number of amides is 1. The molecule has 21 heavy (non-hydrogen) atoms. The van der Waals surface area contributed by atoms with Crippen LogP contribution in [0, 0.1) is 12.8 Å². The topological polar surface area (TPSA) is 56.1 Å². The third kappa shape index (κ3) is 2.77. The number of hydrogen-bond acceptors (Lipinski definition) is 3. The fraction of sp³-hybridized carbons (Fsp3) is 0.375. The molecule has 1 aromatic carbocycles. The first-order valence-electron chi connectivity index (χ1n) is 7.11. The van der Waals surface area contributed by atoms with Gasteiger partial charge in [0.1, 0.15) is 12.4 Å². The van der Waals surface area contributed by atoms with Gasteiger partial charge in [-0.1, -0.05) is 18.2 Å². The second-order valence-corrected chi connectivity index (χ2v) is 5.42. The van der Waals surface area contributed by atoms with Crippen molar-refractivity contribution in [1.29, 1.82) is 0 Å². The molecule has 1 aromatic heterocycles. The molecule has 5 heteroatoms. The molecule has 1 N–H and O–H groups in total. The second-order valence-electron chi connectivity index (χ2n) is 5.42. The summed E-state index contributed by atoms with van der Waals surface area (Å²) in [5.74, 6) is 0.800. The number of para-hydroxylation sites is 1. The van der Waals surface area contributed by atoms with Crippen molar-refractivity contribution < 1.29 is 9.53 Å². The van der Waals surface area contributed by atoms with Gasteiger partial charge < -0.3 is 10.1 Å². The van der Waals surface area contributed by atoms with Crippen molar-refractivity contribution >= 4 is 5.91 Å². The number of carbonyl (C=O) groups excluding carboxylic acids is 1. The molecule has 3 rings (SSSR count). The quantitative estimate of drug-likeness (QED) is 0.932. The van der Waals surface area contributed by atoms with Crippen LogP contribution in [0.3, 0.4) is 0 Å². The summed E-state index contributed by atoms with van der Waals surface area (Å²) in [6, 6.07) is 7.88. The van der Waals surface area contributed by atoms with E-state index in [2.05, 4.69) is 10.4 Å². The highest BCUT2D eigenvalue weighted by molar-refractivity contribution is 5.79. The van der Waals surface area contributed by atoms with Crippen molar-refractivity contribution in [3.8, 4) is 5.75 Å². The van der Waals surface area contributed by atoms with Crippen LogP contribution in [-0.4, -0.2) is 22.3 Å². The Morgan fingerprint density at radius 1 is 1.48 bits per heavy atom. The largest absolute Gasteiger partial charge is 0.492 e. The van der Waals surface area contributed by atoms with Crippen molar-refractivity contribution in [3.05, 3.63) is 47.3 Å². The summed E-state index contributed by atoms with van der Waals surface area (Å²) >= 11 is 0. The molecule has 1 aliphatic rings. The van der Waals surface area contributed by atoms with Gasteiger partial charge in [-0.15, -0.1) is 0 Å². The standard InChI is InChI=1S/C16H19N3O2/c1-11-14(9-18-19(11)2)8-17-16(20)13-7-12-5-3-4-6-15(12)21-10-13/h3-6,9,13H,7-8,10H2,1-2H3,(H,17,20)/t13-/m1/s1. The van der Waals surface area contributed by atoms with E-state index in [0.29, 0.717) is 13.2 Å². The van der Waals surface area contributed by atoms with E-state index in [9.17, 15) is 4.79 Å². The molecule has 0 radical (unpaired) electrons. The van der Waals surface area contributed by atoms with E-state index in [1.807, 2.05) is 38.2 Å². The molecule has 0 saturated carbocycles. The van der Waals surface area contributed by atoms with Crippen LogP contribution >= 0.6 is 0 Å². The monoisotopic (exact) mass is 285 g/mol. The zero-order valence-electron chi connectivity index (χ0n) is 12.3. The fourth-order valence-electron chi connectivity index (χ4n) is 2.54. The molecular formula is C16H19N3O2. The second kappa shape index (κ2) is 5.60. The number of nitrogens with zero attached hydrogens (tertiary/aromatic N) is 2. The van der Waals surface area contributed by atoms with Gasteiger partial charge in [-0.05, 0) is 25.0 Å². The minimum atomic E-state index is -0.128. The predicted molar refractivity (Wildman–Crippen MR) is 78.9 cm³/mol. The summed E-state index contributed by atoms with van der Waals surface area (Å²) in [6.07, 6.45) is 2.52. The molecule has 0 saturated heterocycles. The Morgan fingerprint density at radius 2 is 2.29 bits per heavy atom. The van der Waals surface area contributed by atoms with E-state index >= 15 is 0 Å². The Labute approximate surface area is 123 Å². The number of ether oxygens (including phenoxy) is 1. The third-order valence-electron chi connectivity index (χ3n) is 4.04. The Kier molecular flexibility index (Phi) is 3.64. The molecule has 1 amide bonds. The van der Waals surface area contributed by atoms with Crippen molar-refractivity contribution in [2.24, 2.45) is 13.0 Å². The highest BCUT2D eigenvalue weighted by Gasteiger charge is 2.25. The van der Waals surface area contributed by atoms with Crippen LogP contribution in [-0.2, 0) is 24.8 Å². The Hall–Kier alpha value is -2.30. The average molecular weight is 285 g/mol. The number of aromatic nitrogens is 2. The molecule has 5 nitrogen and oxygen atoms in total. The molecular weight excluding hydrogens is 266 g/mol. The molecule has 0 aliphatic carbocycles. The number of carbonyl (C=O) groups is 1. The predicted octanol–water partition coefficient (Wildman–Crippen LogP) is 1.60. The number of nitrogens with one attached hydrogen (secondary N) is 1. The van der Waals surface area contributed by atoms with Gasteiger partial charge in [0.15, 0.2) is 0 Å². The van der Waals surface area contributed by atoms with Gasteiger partial charge in [0.25, 0.3) is 0 Å². The maximum Gasteiger partial charge on any atom is 0.227 e. The normalized spacial score (nSPS) is 17.0. The third-order valence-corrected chi connectivity index (χ3v) is 4.04.